The highest BCUT2D eigenvalue weighted by molar-refractivity contribution is 6.32. The van der Waals surface area contributed by atoms with Crippen LogP contribution in [0.5, 0.6) is 11.6 Å². The standard InChI is InChI=1S/C12H12ClN3O/c1-8-2-3-11(10(13)4-8)17-12-7-15-6-9(5-14)16-12/h2-4,6-7H,5,14H2,1H3. The van der Waals surface area contributed by atoms with E-state index in [1.165, 1.54) is 6.20 Å². The molecule has 0 aliphatic heterocycles. The first kappa shape index (κ1) is 11.8. The van der Waals surface area contributed by atoms with E-state index in [2.05, 4.69) is 9.97 Å². The van der Waals surface area contributed by atoms with Crippen molar-refractivity contribution < 1.29 is 4.74 Å². The zero-order valence-electron chi connectivity index (χ0n) is 9.35. The van der Waals surface area contributed by atoms with Crippen molar-refractivity contribution >= 4 is 11.6 Å². The molecule has 0 unspecified atom stereocenters. The molecule has 2 rings (SSSR count). The molecule has 17 heavy (non-hydrogen) atoms. The van der Waals surface area contributed by atoms with E-state index in [0.29, 0.717) is 28.9 Å². The Morgan fingerprint density at radius 3 is 2.88 bits per heavy atom. The van der Waals surface area contributed by atoms with Gasteiger partial charge < -0.3 is 10.5 Å². The zero-order valence-corrected chi connectivity index (χ0v) is 10.1. The summed E-state index contributed by atoms with van der Waals surface area (Å²) in [7, 11) is 0. The molecule has 0 aliphatic rings. The molecule has 0 spiro atoms. The summed E-state index contributed by atoms with van der Waals surface area (Å²) in [5.74, 6) is 0.944. The van der Waals surface area contributed by atoms with Crippen LogP contribution in [0.2, 0.25) is 5.02 Å². The highest BCUT2D eigenvalue weighted by atomic mass is 35.5. The molecule has 4 nitrogen and oxygen atoms in total. The Morgan fingerprint density at radius 1 is 1.35 bits per heavy atom. The zero-order chi connectivity index (χ0) is 12.3. The fourth-order valence-electron chi connectivity index (χ4n) is 1.34. The van der Waals surface area contributed by atoms with Crippen molar-refractivity contribution in [2.24, 2.45) is 5.73 Å². The fraction of sp³-hybridized carbons (Fsp3) is 0.167. The summed E-state index contributed by atoms with van der Waals surface area (Å²) in [4.78, 5) is 8.17. The summed E-state index contributed by atoms with van der Waals surface area (Å²) in [6.45, 7) is 2.29. The molecule has 0 aliphatic carbocycles. The largest absolute Gasteiger partial charge is 0.436 e. The average Bonchev–Trinajstić information content (AvgIpc) is 2.33. The van der Waals surface area contributed by atoms with Crippen molar-refractivity contribution in [1.82, 2.24) is 9.97 Å². The number of halogens is 1. The smallest absolute Gasteiger partial charge is 0.238 e. The highest BCUT2D eigenvalue weighted by Gasteiger charge is 2.05. The number of rotatable bonds is 3. The van der Waals surface area contributed by atoms with Gasteiger partial charge in [0, 0.05) is 12.7 Å². The van der Waals surface area contributed by atoms with Crippen LogP contribution in [0.3, 0.4) is 0 Å². The lowest BCUT2D eigenvalue weighted by atomic mass is 10.2. The second-order valence-corrected chi connectivity index (χ2v) is 4.00. The van der Waals surface area contributed by atoms with Gasteiger partial charge in [0.2, 0.25) is 5.88 Å². The van der Waals surface area contributed by atoms with Crippen LogP contribution in [0.4, 0.5) is 0 Å². The Labute approximate surface area is 104 Å². The van der Waals surface area contributed by atoms with Crippen LogP contribution in [0.15, 0.2) is 30.6 Å². The van der Waals surface area contributed by atoms with Gasteiger partial charge >= 0.3 is 0 Å². The van der Waals surface area contributed by atoms with Crippen LogP contribution in [0, 0.1) is 6.92 Å². The van der Waals surface area contributed by atoms with E-state index < -0.39 is 0 Å². The van der Waals surface area contributed by atoms with Crippen molar-refractivity contribution in [1.29, 1.82) is 0 Å². The summed E-state index contributed by atoms with van der Waals surface area (Å²) in [5, 5.41) is 0.546. The van der Waals surface area contributed by atoms with Gasteiger partial charge in [-0.1, -0.05) is 17.7 Å². The quantitative estimate of drug-likeness (QED) is 0.909. The molecule has 1 heterocycles. The summed E-state index contributed by atoms with van der Waals surface area (Å²) < 4.78 is 5.55. The van der Waals surface area contributed by atoms with E-state index in [-0.39, 0.29) is 0 Å². The summed E-state index contributed by atoms with van der Waals surface area (Å²) in [5.41, 5.74) is 7.22. The van der Waals surface area contributed by atoms with Gasteiger partial charge in [-0.05, 0) is 24.6 Å². The molecule has 88 valence electrons. The molecule has 5 heteroatoms. The van der Waals surface area contributed by atoms with Gasteiger partial charge in [-0.2, -0.15) is 0 Å². The van der Waals surface area contributed by atoms with Crippen LogP contribution in [-0.2, 0) is 6.54 Å². The van der Waals surface area contributed by atoms with Crippen molar-refractivity contribution in [2.45, 2.75) is 13.5 Å². The maximum absolute atomic E-state index is 6.06. The van der Waals surface area contributed by atoms with E-state index in [1.807, 2.05) is 19.1 Å². The number of aryl methyl sites for hydroxylation is 1. The average molecular weight is 250 g/mol. The number of aromatic nitrogens is 2. The predicted octanol–water partition coefficient (Wildman–Crippen LogP) is 2.69. The van der Waals surface area contributed by atoms with E-state index >= 15 is 0 Å². The molecular weight excluding hydrogens is 238 g/mol. The number of benzene rings is 1. The predicted molar refractivity (Wildman–Crippen MR) is 66.2 cm³/mol. The molecule has 0 saturated carbocycles. The van der Waals surface area contributed by atoms with E-state index in [9.17, 15) is 0 Å². The van der Waals surface area contributed by atoms with Crippen LogP contribution >= 0.6 is 11.6 Å². The molecule has 0 fully saturated rings. The Balaban J connectivity index is 2.25. The summed E-state index contributed by atoms with van der Waals surface area (Å²) >= 11 is 6.06. The third-order valence-electron chi connectivity index (χ3n) is 2.17. The lowest BCUT2D eigenvalue weighted by molar-refractivity contribution is 0.458. The third kappa shape index (κ3) is 2.93. The number of hydrogen-bond acceptors (Lipinski definition) is 4. The molecule has 0 radical (unpaired) electrons. The van der Waals surface area contributed by atoms with Crippen molar-refractivity contribution in [3.63, 3.8) is 0 Å². The maximum Gasteiger partial charge on any atom is 0.238 e. The molecule has 0 amide bonds. The first-order chi connectivity index (χ1) is 8.19. The minimum Gasteiger partial charge on any atom is -0.436 e. The molecule has 0 atom stereocenters. The van der Waals surface area contributed by atoms with Gasteiger partial charge in [0.1, 0.15) is 5.75 Å². The topological polar surface area (TPSA) is 61.0 Å². The maximum atomic E-state index is 6.06. The molecule has 2 aromatic rings. The number of hydrogen-bond donors (Lipinski definition) is 1. The molecule has 1 aromatic heterocycles. The molecule has 2 N–H and O–H groups in total. The SMILES string of the molecule is Cc1ccc(Oc2cncc(CN)n2)c(Cl)c1. The van der Waals surface area contributed by atoms with Gasteiger partial charge in [0.15, 0.2) is 0 Å². The number of nitrogens with zero attached hydrogens (tertiary/aromatic N) is 2. The van der Waals surface area contributed by atoms with Gasteiger partial charge in [-0.3, -0.25) is 4.98 Å². The minimum atomic E-state index is 0.325. The third-order valence-corrected chi connectivity index (χ3v) is 2.47. The van der Waals surface area contributed by atoms with E-state index in [4.69, 9.17) is 22.1 Å². The monoisotopic (exact) mass is 249 g/mol. The molecule has 1 aromatic carbocycles. The van der Waals surface area contributed by atoms with Gasteiger partial charge in [-0.15, -0.1) is 0 Å². The van der Waals surface area contributed by atoms with Crippen LogP contribution in [0.1, 0.15) is 11.3 Å². The summed E-state index contributed by atoms with van der Waals surface area (Å²) in [6.07, 6.45) is 3.12. The second-order valence-electron chi connectivity index (χ2n) is 3.59. The Morgan fingerprint density at radius 2 is 2.18 bits per heavy atom. The van der Waals surface area contributed by atoms with E-state index in [1.54, 1.807) is 12.3 Å². The van der Waals surface area contributed by atoms with E-state index in [0.717, 1.165) is 5.56 Å². The number of nitrogens with two attached hydrogens (primary N) is 1. The van der Waals surface area contributed by atoms with Gasteiger partial charge in [-0.25, -0.2) is 4.98 Å². The normalized spacial score (nSPS) is 10.3. The number of ether oxygens (including phenoxy) is 1. The lowest BCUT2D eigenvalue weighted by Crippen LogP contribution is -2.01. The lowest BCUT2D eigenvalue weighted by Gasteiger charge is -2.07. The second kappa shape index (κ2) is 5.12. The molecular formula is C12H12ClN3O. The van der Waals surface area contributed by atoms with Crippen molar-refractivity contribution in [3.05, 3.63) is 46.9 Å². The Hall–Kier alpha value is -1.65. The van der Waals surface area contributed by atoms with Crippen LogP contribution in [0.25, 0.3) is 0 Å². The van der Waals surface area contributed by atoms with Crippen molar-refractivity contribution in [3.8, 4) is 11.6 Å². The minimum absolute atomic E-state index is 0.325. The fourth-order valence-corrected chi connectivity index (χ4v) is 1.61. The Kier molecular flexibility index (Phi) is 3.56. The van der Waals surface area contributed by atoms with Crippen LogP contribution < -0.4 is 10.5 Å². The molecule has 0 bridgehead atoms. The van der Waals surface area contributed by atoms with Gasteiger partial charge in [0.25, 0.3) is 0 Å². The van der Waals surface area contributed by atoms with Crippen molar-refractivity contribution in [2.75, 3.05) is 0 Å². The Bertz CT molecular complexity index is 531. The molecule has 0 saturated heterocycles. The first-order valence-electron chi connectivity index (χ1n) is 5.14. The summed E-state index contributed by atoms with van der Waals surface area (Å²) in [6, 6.07) is 5.55. The van der Waals surface area contributed by atoms with Crippen LogP contribution in [-0.4, -0.2) is 9.97 Å². The first-order valence-corrected chi connectivity index (χ1v) is 5.52. The highest BCUT2D eigenvalue weighted by Crippen LogP contribution is 2.28. The van der Waals surface area contributed by atoms with Gasteiger partial charge in [0.05, 0.1) is 16.9 Å².